The first-order chi connectivity index (χ1) is 18.4. The lowest BCUT2D eigenvalue weighted by Crippen LogP contribution is -2.61. The lowest BCUT2D eigenvalue weighted by Gasteiger charge is -2.61. The summed E-state index contributed by atoms with van der Waals surface area (Å²) in [6.07, 6.45) is 6.42. The van der Waals surface area contributed by atoms with Crippen molar-refractivity contribution >= 4 is 23.5 Å². The number of aliphatic carboxylic acids is 2. The second-order valence-electron chi connectivity index (χ2n) is 13.2. The van der Waals surface area contributed by atoms with Crippen LogP contribution in [0.4, 0.5) is 0 Å². The van der Waals surface area contributed by atoms with Gasteiger partial charge in [0, 0.05) is 24.4 Å². The van der Waals surface area contributed by atoms with E-state index in [1.54, 1.807) is 0 Å². The summed E-state index contributed by atoms with van der Waals surface area (Å²) in [7, 11) is 1.85. The van der Waals surface area contributed by atoms with Gasteiger partial charge in [-0.05, 0) is 93.9 Å². The fraction of sp³-hybridized carbons (Fsp3) is 0.857. The second kappa shape index (κ2) is 10.3. The van der Waals surface area contributed by atoms with Crippen LogP contribution in [0.1, 0.15) is 78.1 Å². The SMILES string of the molecule is CN1CCCC1ON(C1CC[C@@]2(C)C(C1)C(N=O)C[C@@H]1[C@@H]2CC[C@]2(C)C(=O)CC[C@@H]12)C(C(=O)O)C(=O)C(=O)O. The van der Waals surface area contributed by atoms with Crippen molar-refractivity contribution in [3.05, 3.63) is 4.91 Å². The molecule has 0 bridgehead atoms. The maximum Gasteiger partial charge on any atom is 0.374 e. The largest absolute Gasteiger partial charge is 0.480 e. The molecule has 5 rings (SSSR count). The number of nitrogens with zero attached hydrogens (tertiary/aromatic N) is 3. The molecule has 0 radical (unpaired) electrons. The van der Waals surface area contributed by atoms with E-state index in [1.807, 2.05) is 11.9 Å². The van der Waals surface area contributed by atoms with Crippen LogP contribution in [0, 0.1) is 39.4 Å². The van der Waals surface area contributed by atoms with Crippen molar-refractivity contribution in [1.29, 1.82) is 0 Å². The van der Waals surface area contributed by atoms with Crippen LogP contribution in [0.15, 0.2) is 5.18 Å². The highest BCUT2D eigenvalue weighted by Crippen LogP contribution is 2.66. The summed E-state index contributed by atoms with van der Waals surface area (Å²) in [4.78, 5) is 69.7. The average Bonchev–Trinajstić information content (AvgIpc) is 3.43. The highest BCUT2D eigenvalue weighted by atomic mass is 16.7. The molecule has 5 unspecified atom stereocenters. The predicted octanol–water partition coefficient (Wildman–Crippen LogP) is 3.10. The molecule has 10 atom stereocenters. The average molecular weight is 548 g/mol. The Bertz CT molecular complexity index is 1050. The molecular formula is C28H41N3O8. The van der Waals surface area contributed by atoms with Crippen molar-refractivity contribution in [2.45, 2.75) is 102 Å². The Balaban J connectivity index is 1.45. The van der Waals surface area contributed by atoms with Crippen LogP contribution in [-0.2, 0) is 24.0 Å². The van der Waals surface area contributed by atoms with Crippen molar-refractivity contribution in [3.8, 4) is 0 Å². The zero-order valence-electron chi connectivity index (χ0n) is 23.1. The van der Waals surface area contributed by atoms with Crippen molar-refractivity contribution in [1.82, 2.24) is 9.96 Å². The lowest BCUT2D eigenvalue weighted by molar-refractivity contribution is -0.275. The molecule has 0 spiro atoms. The zero-order chi connectivity index (χ0) is 28.3. The third-order valence-corrected chi connectivity index (χ3v) is 11.5. The third kappa shape index (κ3) is 4.54. The molecule has 5 aliphatic rings. The molecule has 0 amide bonds. The Hall–Kier alpha value is -2.24. The molecule has 1 saturated heterocycles. The molecule has 0 aromatic rings. The summed E-state index contributed by atoms with van der Waals surface area (Å²) in [5.41, 5.74) is -0.546. The third-order valence-electron chi connectivity index (χ3n) is 11.5. The van der Waals surface area contributed by atoms with Gasteiger partial charge in [0.15, 0.2) is 0 Å². The fourth-order valence-corrected chi connectivity index (χ4v) is 9.36. The van der Waals surface area contributed by atoms with Crippen molar-refractivity contribution in [3.63, 3.8) is 0 Å². The predicted molar refractivity (Wildman–Crippen MR) is 138 cm³/mol. The monoisotopic (exact) mass is 547 g/mol. The van der Waals surface area contributed by atoms with Crippen LogP contribution >= 0.6 is 0 Å². The number of likely N-dealkylation sites (tertiary alicyclic amines) is 1. The summed E-state index contributed by atoms with van der Waals surface area (Å²) in [5, 5.41) is 24.1. The lowest BCUT2D eigenvalue weighted by atomic mass is 9.44. The molecular weight excluding hydrogens is 506 g/mol. The Labute approximate surface area is 228 Å². The number of rotatable bonds is 8. The summed E-state index contributed by atoms with van der Waals surface area (Å²) in [6, 6.07) is -3.03. The van der Waals surface area contributed by atoms with E-state index in [2.05, 4.69) is 19.0 Å². The Morgan fingerprint density at radius 2 is 1.79 bits per heavy atom. The van der Waals surface area contributed by atoms with Gasteiger partial charge in [-0.1, -0.05) is 19.0 Å². The summed E-state index contributed by atoms with van der Waals surface area (Å²) in [6.45, 7) is 5.06. The van der Waals surface area contributed by atoms with Gasteiger partial charge in [-0.3, -0.25) is 19.3 Å². The van der Waals surface area contributed by atoms with Gasteiger partial charge in [0.05, 0.1) is 6.04 Å². The maximum absolute atomic E-state index is 12.8. The minimum atomic E-state index is -1.98. The number of ketones is 2. The Morgan fingerprint density at radius 3 is 2.41 bits per heavy atom. The normalized spacial score (nSPS) is 42.9. The number of nitroso groups, excluding NO2 is 1. The number of Topliss-reactive ketones (excluding diaryl/α,β-unsaturated/α-hetero) is 2. The van der Waals surface area contributed by atoms with E-state index in [4.69, 9.17) is 4.84 Å². The molecule has 216 valence electrons. The molecule has 0 aromatic heterocycles. The molecule has 11 heteroatoms. The molecule has 2 N–H and O–H groups in total. The van der Waals surface area contributed by atoms with Gasteiger partial charge in [-0.25, -0.2) is 9.59 Å². The maximum atomic E-state index is 12.8. The molecule has 1 aliphatic heterocycles. The van der Waals surface area contributed by atoms with E-state index in [0.717, 1.165) is 37.3 Å². The first-order valence-electron chi connectivity index (χ1n) is 14.4. The number of carboxylic acids is 2. The highest BCUT2D eigenvalue weighted by Gasteiger charge is 2.63. The van der Waals surface area contributed by atoms with E-state index in [-0.39, 0.29) is 28.6 Å². The number of hydrogen-bond acceptors (Lipinski definition) is 9. The molecule has 1 heterocycles. The van der Waals surface area contributed by atoms with Gasteiger partial charge in [-0.15, -0.1) is 0 Å². The number of carboxylic acid groups (broad SMARTS) is 2. The smallest absolute Gasteiger partial charge is 0.374 e. The first kappa shape index (κ1) is 28.3. The standard InChI is InChI=1S/C28H41N3O8/c1-27-10-8-15(31(39-22-5-4-12-30(22)3)23(25(34)35)24(33)26(36)37)13-19(27)20(29-38)14-16-17-6-7-21(32)28(17,2)11-9-18(16)27/h15-20,22-23H,4-14H2,1-3H3,(H,34,35)(H,36,37)/t15?,16-,17-,18-,19?,20?,22?,23?,27+,28-/m0/s1. The van der Waals surface area contributed by atoms with Crippen LogP contribution in [0.25, 0.3) is 0 Å². The van der Waals surface area contributed by atoms with Crippen LogP contribution < -0.4 is 0 Å². The first-order valence-corrected chi connectivity index (χ1v) is 14.4. The van der Waals surface area contributed by atoms with Crippen molar-refractivity contribution in [2.24, 2.45) is 39.7 Å². The molecule has 11 nitrogen and oxygen atoms in total. The fourth-order valence-electron chi connectivity index (χ4n) is 9.36. The summed E-state index contributed by atoms with van der Waals surface area (Å²) >= 11 is 0. The topological polar surface area (TPSA) is 154 Å². The van der Waals surface area contributed by atoms with Crippen LogP contribution in [-0.4, -0.2) is 81.6 Å². The number of fused-ring (bicyclic) bond motifs is 5. The van der Waals surface area contributed by atoms with Gasteiger partial charge >= 0.3 is 11.9 Å². The van der Waals surface area contributed by atoms with E-state index in [0.29, 0.717) is 50.2 Å². The number of hydrogen-bond donors (Lipinski definition) is 2. The van der Waals surface area contributed by atoms with E-state index < -0.39 is 42.1 Å². The van der Waals surface area contributed by atoms with Gasteiger partial charge in [0.2, 0.25) is 6.04 Å². The zero-order valence-corrected chi connectivity index (χ0v) is 23.1. The molecule has 4 aliphatic carbocycles. The van der Waals surface area contributed by atoms with Gasteiger partial charge in [-0.2, -0.15) is 9.97 Å². The van der Waals surface area contributed by atoms with Gasteiger partial charge in [0.25, 0.3) is 5.78 Å². The molecule has 0 aromatic carbocycles. The number of hydroxylamine groups is 2. The minimum absolute atomic E-state index is 0.154. The molecule has 39 heavy (non-hydrogen) atoms. The van der Waals surface area contributed by atoms with Crippen LogP contribution in [0.3, 0.4) is 0 Å². The minimum Gasteiger partial charge on any atom is -0.480 e. The second-order valence-corrected chi connectivity index (χ2v) is 13.2. The van der Waals surface area contributed by atoms with Crippen molar-refractivity contribution in [2.75, 3.05) is 13.6 Å². The highest BCUT2D eigenvalue weighted by molar-refractivity contribution is 6.38. The van der Waals surface area contributed by atoms with E-state index in [1.165, 1.54) is 0 Å². The quantitative estimate of drug-likeness (QED) is 0.200. The van der Waals surface area contributed by atoms with Gasteiger partial charge < -0.3 is 10.2 Å². The van der Waals surface area contributed by atoms with E-state index >= 15 is 0 Å². The summed E-state index contributed by atoms with van der Waals surface area (Å²) < 4.78 is 0. The molecule has 4 saturated carbocycles. The van der Waals surface area contributed by atoms with Crippen LogP contribution in [0.2, 0.25) is 0 Å². The van der Waals surface area contributed by atoms with Crippen LogP contribution in [0.5, 0.6) is 0 Å². The summed E-state index contributed by atoms with van der Waals surface area (Å²) in [5.74, 6) is -3.81. The number of carbonyl (C=O) groups excluding carboxylic acids is 2. The van der Waals surface area contributed by atoms with Crippen molar-refractivity contribution < 1.29 is 34.2 Å². The Kier molecular flexibility index (Phi) is 7.47. The Morgan fingerprint density at radius 1 is 1.05 bits per heavy atom. The molecule has 5 fully saturated rings. The van der Waals surface area contributed by atoms with Gasteiger partial charge in [0.1, 0.15) is 12.0 Å². The number of carbonyl (C=O) groups is 4. The van der Waals surface area contributed by atoms with E-state index in [9.17, 15) is 34.3 Å².